The first-order valence-electron chi connectivity index (χ1n) is 7.31. The lowest BCUT2D eigenvalue weighted by molar-refractivity contribution is -0.121. The Morgan fingerprint density at radius 1 is 1.42 bits per heavy atom. The Kier molecular flexibility index (Phi) is 4.22. The van der Waals surface area contributed by atoms with Crippen molar-refractivity contribution in [3.05, 3.63) is 23.1 Å². The summed E-state index contributed by atoms with van der Waals surface area (Å²) in [4.78, 5) is 18.9. The van der Waals surface area contributed by atoms with Crippen molar-refractivity contribution in [2.45, 2.75) is 13.8 Å². The highest BCUT2D eigenvalue weighted by molar-refractivity contribution is 7.92. The molecule has 7 nitrogen and oxygen atoms in total. The number of aryl methyl sites for hydroxylation is 1. The van der Waals surface area contributed by atoms with Gasteiger partial charge in [-0.15, -0.1) is 11.3 Å². The number of thiazole rings is 1. The van der Waals surface area contributed by atoms with Crippen LogP contribution in [-0.2, 0) is 14.8 Å². The summed E-state index contributed by atoms with van der Waals surface area (Å²) in [5.74, 6) is 0.569. The van der Waals surface area contributed by atoms with E-state index in [1.165, 1.54) is 11.3 Å². The van der Waals surface area contributed by atoms with Gasteiger partial charge < -0.3 is 9.64 Å². The van der Waals surface area contributed by atoms with E-state index in [4.69, 9.17) is 4.74 Å². The summed E-state index contributed by atoms with van der Waals surface area (Å²) >= 11 is 1.27. The number of carbonyl (C=O) groups is 1. The number of sulfonamides is 1. The van der Waals surface area contributed by atoms with Gasteiger partial charge in [-0.3, -0.25) is 9.52 Å². The van der Waals surface area contributed by atoms with E-state index in [1.54, 1.807) is 4.90 Å². The van der Waals surface area contributed by atoms with Gasteiger partial charge in [0.05, 0.1) is 17.6 Å². The van der Waals surface area contributed by atoms with E-state index in [0.717, 1.165) is 16.7 Å². The van der Waals surface area contributed by atoms with Crippen LogP contribution in [-0.4, -0.2) is 38.7 Å². The van der Waals surface area contributed by atoms with E-state index >= 15 is 0 Å². The summed E-state index contributed by atoms with van der Waals surface area (Å²) < 4.78 is 30.6. The third-order valence-electron chi connectivity index (χ3n) is 3.56. The standard InChI is InChI=1S/C15H17N3O4S2/c1-4-18-11-7-10(5-6-12(11)22-8-13(18)19)14-9(2)23-15(16-14)17-24(3,20)21/h5-7H,4,8H2,1-3H3,(H,16,17). The molecule has 128 valence electrons. The number of benzene rings is 1. The van der Waals surface area contributed by atoms with Gasteiger partial charge >= 0.3 is 0 Å². The fourth-order valence-electron chi connectivity index (χ4n) is 2.56. The highest BCUT2D eigenvalue weighted by atomic mass is 32.2. The van der Waals surface area contributed by atoms with E-state index in [1.807, 2.05) is 32.0 Å². The van der Waals surface area contributed by atoms with Crippen molar-refractivity contribution >= 4 is 38.1 Å². The number of carbonyl (C=O) groups excluding carboxylic acids is 1. The predicted molar refractivity (Wildman–Crippen MR) is 94.3 cm³/mol. The molecule has 0 aliphatic carbocycles. The van der Waals surface area contributed by atoms with Crippen LogP contribution in [0.2, 0.25) is 0 Å². The van der Waals surface area contributed by atoms with Gasteiger partial charge in [0, 0.05) is 17.0 Å². The average Bonchev–Trinajstić information content (AvgIpc) is 2.85. The first kappa shape index (κ1) is 16.7. The van der Waals surface area contributed by atoms with Crippen LogP contribution in [0.15, 0.2) is 18.2 Å². The van der Waals surface area contributed by atoms with E-state index in [-0.39, 0.29) is 12.5 Å². The van der Waals surface area contributed by atoms with Gasteiger partial charge in [-0.1, -0.05) is 0 Å². The lowest BCUT2D eigenvalue weighted by Gasteiger charge is -2.28. The van der Waals surface area contributed by atoms with Crippen LogP contribution in [0.5, 0.6) is 5.75 Å². The predicted octanol–water partition coefficient (Wildman–Crippen LogP) is 2.24. The Morgan fingerprint density at radius 2 is 2.17 bits per heavy atom. The Labute approximate surface area is 144 Å². The number of fused-ring (bicyclic) bond motifs is 1. The Morgan fingerprint density at radius 3 is 2.83 bits per heavy atom. The van der Waals surface area contributed by atoms with Crippen LogP contribution < -0.4 is 14.4 Å². The van der Waals surface area contributed by atoms with Crippen LogP contribution in [0.4, 0.5) is 10.8 Å². The zero-order chi connectivity index (χ0) is 17.5. The maximum absolute atomic E-state index is 12.0. The molecule has 0 unspecified atom stereocenters. The number of amides is 1. The molecule has 1 aliphatic heterocycles. The van der Waals surface area contributed by atoms with Gasteiger partial charge in [0.1, 0.15) is 5.75 Å². The average molecular weight is 367 g/mol. The second kappa shape index (κ2) is 6.06. The molecule has 1 aliphatic rings. The van der Waals surface area contributed by atoms with Crippen LogP contribution >= 0.6 is 11.3 Å². The monoisotopic (exact) mass is 367 g/mol. The molecule has 0 saturated heterocycles. The second-order valence-corrected chi connectivity index (χ2v) is 8.36. The number of likely N-dealkylation sites (N-methyl/N-ethyl adjacent to an activating group) is 1. The molecule has 3 rings (SSSR count). The van der Waals surface area contributed by atoms with Crippen LogP contribution in [0, 0.1) is 6.92 Å². The van der Waals surface area contributed by atoms with Crippen LogP contribution in [0.1, 0.15) is 11.8 Å². The molecule has 0 saturated carbocycles. The normalized spacial score (nSPS) is 14.3. The van der Waals surface area contributed by atoms with Gasteiger partial charge in [0.2, 0.25) is 10.0 Å². The summed E-state index contributed by atoms with van der Waals surface area (Å²) in [6, 6.07) is 5.51. The summed E-state index contributed by atoms with van der Waals surface area (Å²) in [5.41, 5.74) is 2.19. The van der Waals surface area contributed by atoms with Crippen molar-refractivity contribution in [1.82, 2.24) is 4.98 Å². The number of nitrogens with zero attached hydrogens (tertiary/aromatic N) is 2. The second-order valence-electron chi connectivity index (χ2n) is 5.41. The third kappa shape index (κ3) is 3.22. The van der Waals surface area contributed by atoms with E-state index in [0.29, 0.717) is 28.8 Å². The van der Waals surface area contributed by atoms with Gasteiger partial charge in [0.25, 0.3) is 5.91 Å². The van der Waals surface area contributed by atoms with Crippen molar-refractivity contribution in [2.24, 2.45) is 0 Å². The van der Waals surface area contributed by atoms with Gasteiger partial charge in [-0.25, -0.2) is 13.4 Å². The zero-order valence-electron chi connectivity index (χ0n) is 13.5. The van der Waals surface area contributed by atoms with Crippen molar-refractivity contribution in [3.8, 4) is 17.0 Å². The topological polar surface area (TPSA) is 88.6 Å². The Bertz CT molecular complexity index is 905. The minimum Gasteiger partial charge on any atom is -0.482 e. The molecule has 24 heavy (non-hydrogen) atoms. The molecule has 0 atom stereocenters. The van der Waals surface area contributed by atoms with Gasteiger partial charge in [-0.2, -0.15) is 0 Å². The minimum atomic E-state index is -3.37. The fraction of sp³-hybridized carbons (Fsp3) is 0.333. The largest absolute Gasteiger partial charge is 0.482 e. The number of nitrogens with one attached hydrogen (secondary N) is 1. The molecule has 1 aromatic carbocycles. The minimum absolute atomic E-state index is 0.0400. The van der Waals surface area contributed by atoms with Crippen molar-refractivity contribution < 1.29 is 17.9 Å². The molecular formula is C15H17N3O4S2. The number of ether oxygens (including phenoxy) is 1. The SMILES string of the molecule is CCN1C(=O)COc2ccc(-c3nc(NS(C)(=O)=O)sc3C)cc21. The van der Waals surface area contributed by atoms with Crippen molar-refractivity contribution in [2.75, 3.05) is 29.0 Å². The zero-order valence-corrected chi connectivity index (χ0v) is 15.1. The molecule has 1 amide bonds. The highest BCUT2D eigenvalue weighted by Crippen LogP contribution is 2.38. The summed E-state index contributed by atoms with van der Waals surface area (Å²) in [6.07, 6.45) is 1.09. The first-order valence-corrected chi connectivity index (χ1v) is 10.0. The maximum Gasteiger partial charge on any atom is 0.265 e. The van der Waals surface area contributed by atoms with E-state index in [2.05, 4.69) is 9.71 Å². The smallest absolute Gasteiger partial charge is 0.265 e. The molecule has 1 N–H and O–H groups in total. The van der Waals surface area contributed by atoms with Crippen LogP contribution in [0.25, 0.3) is 11.3 Å². The molecular weight excluding hydrogens is 350 g/mol. The molecule has 1 aromatic heterocycles. The molecule has 9 heteroatoms. The van der Waals surface area contributed by atoms with E-state index < -0.39 is 10.0 Å². The number of hydrogen-bond acceptors (Lipinski definition) is 6. The summed E-state index contributed by atoms with van der Waals surface area (Å²) in [6.45, 7) is 4.37. The quantitative estimate of drug-likeness (QED) is 0.895. The molecule has 0 spiro atoms. The number of rotatable bonds is 4. The number of anilines is 2. The fourth-order valence-corrected chi connectivity index (χ4v) is 4.23. The maximum atomic E-state index is 12.0. The molecule has 2 aromatic rings. The van der Waals surface area contributed by atoms with Crippen LogP contribution in [0.3, 0.4) is 0 Å². The summed E-state index contributed by atoms with van der Waals surface area (Å²) in [5, 5.41) is 0.322. The number of aromatic nitrogens is 1. The highest BCUT2D eigenvalue weighted by Gasteiger charge is 2.25. The summed E-state index contributed by atoms with van der Waals surface area (Å²) in [7, 11) is -3.37. The Hall–Kier alpha value is -2.13. The van der Waals surface area contributed by atoms with E-state index in [9.17, 15) is 13.2 Å². The third-order valence-corrected chi connectivity index (χ3v) is 5.14. The molecule has 0 bridgehead atoms. The van der Waals surface area contributed by atoms with Crippen molar-refractivity contribution in [3.63, 3.8) is 0 Å². The molecule has 2 heterocycles. The Balaban J connectivity index is 2.02. The van der Waals surface area contributed by atoms with Crippen molar-refractivity contribution in [1.29, 1.82) is 0 Å². The lowest BCUT2D eigenvalue weighted by atomic mass is 10.1. The van der Waals surface area contributed by atoms with Gasteiger partial charge in [-0.05, 0) is 32.0 Å². The number of hydrogen-bond donors (Lipinski definition) is 1. The first-order chi connectivity index (χ1) is 11.3. The lowest BCUT2D eigenvalue weighted by Crippen LogP contribution is -2.38. The van der Waals surface area contributed by atoms with Gasteiger partial charge in [0.15, 0.2) is 11.7 Å². The molecule has 0 fully saturated rings. The molecule has 0 radical (unpaired) electrons.